The number of rotatable bonds is 27. The van der Waals surface area contributed by atoms with Crippen LogP contribution in [0.1, 0.15) is 110 Å². The summed E-state index contributed by atoms with van der Waals surface area (Å²) >= 11 is 0. The Hall–Kier alpha value is -7.29. The van der Waals surface area contributed by atoms with Gasteiger partial charge in [0.15, 0.2) is 5.60 Å². The predicted molar refractivity (Wildman–Crippen MR) is 285 cm³/mol. The second-order valence-electron chi connectivity index (χ2n) is 20.4. The molecule has 0 saturated heterocycles. The van der Waals surface area contributed by atoms with E-state index in [0.717, 1.165) is 25.2 Å². The molecular formula is C53H70FN11O13S. The molecule has 0 aliphatic carbocycles. The number of unbranched alkanes of at least 4 members (excludes halogenated alkanes) is 3. The van der Waals surface area contributed by atoms with Crippen molar-refractivity contribution in [2.24, 2.45) is 5.92 Å². The van der Waals surface area contributed by atoms with E-state index < -0.39 is 94.3 Å². The lowest BCUT2D eigenvalue weighted by atomic mass is 9.86. The van der Waals surface area contributed by atoms with Gasteiger partial charge in [-0.3, -0.25) is 33.6 Å². The average molecular weight is 1120 g/mol. The van der Waals surface area contributed by atoms with Crippen molar-refractivity contribution in [2.45, 2.75) is 122 Å². The minimum absolute atomic E-state index is 0.0221. The van der Waals surface area contributed by atoms with E-state index in [9.17, 15) is 51.9 Å². The van der Waals surface area contributed by atoms with Crippen LogP contribution in [-0.2, 0) is 73.4 Å². The number of hydrogen-bond acceptors (Lipinski definition) is 17. The third-order valence-corrected chi connectivity index (χ3v) is 14.6. The number of aromatic nitrogens is 4. The van der Waals surface area contributed by atoms with Gasteiger partial charge in [-0.15, -0.1) is 0 Å². The molecule has 0 bridgehead atoms. The van der Waals surface area contributed by atoms with Gasteiger partial charge in [0.2, 0.25) is 44.5 Å². The Morgan fingerprint density at radius 1 is 0.924 bits per heavy atom. The second kappa shape index (κ2) is 26.6. The summed E-state index contributed by atoms with van der Waals surface area (Å²) in [7, 11) is 1.74. The van der Waals surface area contributed by atoms with Crippen molar-refractivity contribution in [3.8, 4) is 11.4 Å². The van der Waals surface area contributed by atoms with Crippen molar-refractivity contribution in [3.63, 3.8) is 0 Å². The van der Waals surface area contributed by atoms with Crippen LogP contribution in [0, 0.1) is 18.7 Å². The van der Waals surface area contributed by atoms with Crippen LogP contribution < -0.4 is 32.1 Å². The molecule has 0 saturated carbocycles. The summed E-state index contributed by atoms with van der Waals surface area (Å²) in [5.74, 6) is -4.96. The Bertz CT molecular complexity index is 3150. The Labute approximate surface area is 456 Å². The molecule has 4 aromatic rings. The van der Waals surface area contributed by atoms with Crippen molar-refractivity contribution in [2.75, 3.05) is 60.4 Å². The van der Waals surface area contributed by atoms with Crippen LogP contribution in [-0.4, -0.2) is 157 Å². The number of pyridine rings is 2. The molecule has 3 aromatic heterocycles. The Morgan fingerprint density at radius 3 is 2.32 bits per heavy atom. The normalized spacial score (nSPS) is 15.4. The van der Waals surface area contributed by atoms with E-state index in [1.807, 2.05) is 19.0 Å². The molecule has 0 spiro atoms. The number of cyclic esters (lactones) is 1. The van der Waals surface area contributed by atoms with E-state index in [1.165, 1.54) is 22.6 Å². The summed E-state index contributed by atoms with van der Waals surface area (Å²) in [6.07, 6.45) is 6.31. The van der Waals surface area contributed by atoms with E-state index in [4.69, 9.17) is 14.5 Å². The number of likely N-dealkylation sites (N-methyl/N-ethyl adjacent to an activating group) is 1. The second-order valence-corrected chi connectivity index (χ2v) is 22.4. The largest absolute Gasteiger partial charge is 0.458 e. The zero-order valence-electron chi connectivity index (χ0n) is 45.7. The molecule has 428 valence electrons. The predicted octanol–water partition coefficient (Wildman–Crippen LogP) is 1.23. The molecule has 6 amide bonds. The van der Waals surface area contributed by atoms with Gasteiger partial charge in [0.05, 0.1) is 41.1 Å². The summed E-state index contributed by atoms with van der Waals surface area (Å²) in [6.45, 7) is 6.02. The fourth-order valence-corrected chi connectivity index (χ4v) is 9.62. The number of benzene rings is 1. The number of carbonyl (C=O) groups is 7. The molecular weight excluding hydrogens is 1050 g/mol. The molecule has 3 atom stereocenters. The smallest absolute Gasteiger partial charge is 0.343 e. The van der Waals surface area contributed by atoms with Gasteiger partial charge in [-0.25, -0.2) is 32.6 Å². The topological polar surface area (TPSA) is 320 Å². The van der Waals surface area contributed by atoms with Crippen molar-refractivity contribution in [1.82, 2.24) is 55.9 Å². The Balaban J connectivity index is 0.983. The lowest BCUT2D eigenvalue weighted by Gasteiger charge is -2.31. The fourth-order valence-electron chi connectivity index (χ4n) is 9.13. The van der Waals surface area contributed by atoms with Gasteiger partial charge in [0, 0.05) is 67.8 Å². The lowest BCUT2D eigenvalue weighted by molar-refractivity contribution is -0.172. The van der Waals surface area contributed by atoms with Crippen molar-refractivity contribution in [1.29, 1.82) is 0 Å². The monoisotopic (exact) mass is 1120 g/mol. The first-order valence-corrected chi connectivity index (χ1v) is 27.9. The third kappa shape index (κ3) is 15.1. The van der Waals surface area contributed by atoms with E-state index in [1.54, 1.807) is 39.8 Å². The van der Waals surface area contributed by atoms with Crippen molar-refractivity contribution >= 4 is 62.2 Å². The number of nitrogens with zero attached hydrogens (tertiary/aromatic N) is 6. The van der Waals surface area contributed by atoms with Crippen LogP contribution in [0.25, 0.3) is 22.3 Å². The highest BCUT2D eigenvalue weighted by Gasteiger charge is 2.45. The maximum Gasteiger partial charge on any atom is 0.343 e. The number of fused-ring (bicyclic) bond motifs is 5. The molecule has 26 heteroatoms. The standard InChI is InChI=1S/C53H70FN11O13S/c1-9-53(74)37-20-41-46-35(26-65(41)50(72)36(37)27-78-51(53)73)34(33-19-31(4)38(54)21-40(33)60-46)25-64(7)44(68)28-77-29-59-43(67)24-56-48(70)39(15-12-14-18-63(5)6)61-49(71)45(30(2)3)62-42(66)16-11-10-13-17-55-47(69)32-22-57-52(58-23-32)79(8,75)76/h19-23,30,39,45,74H,9-18,24-29H2,1-8H3,(H,55,69)(H,56,70)(H,59,67)(H,61,71)(H,62,66)/t39-,45-,53+/m0/s1. The number of sulfone groups is 1. The minimum Gasteiger partial charge on any atom is -0.458 e. The maximum absolute atomic E-state index is 15.0. The molecule has 79 heavy (non-hydrogen) atoms. The number of aliphatic hydroxyl groups is 1. The van der Waals surface area contributed by atoms with E-state index in [-0.39, 0.29) is 84.7 Å². The third-order valence-electron chi connectivity index (χ3n) is 13.8. The highest BCUT2D eigenvalue weighted by atomic mass is 32.2. The Kier molecular flexibility index (Phi) is 20.5. The molecule has 0 radical (unpaired) electrons. The van der Waals surface area contributed by atoms with Crippen LogP contribution in [0.2, 0.25) is 0 Å². The first-order valence-electron chi connectivity index (χ1n) is 26.0. The van der Waals surface area contributed by atoms with Crippen molar-refractivity contribution in [3.05, 3.63) is 80.1 Å². The minimum atomic E-state index is -3.61. The summed E-state index contributed by atoms with van der Waals surface area (Å²) in [5.41, 5.74) is 0.217. The number of amides is 6. The highest BCUT2D eigenvalue weighted by Crippen LogP contribution is 2.41. The van der Waals surface area contributed by atoms with Gasteiger partial charge in [-0.05, 0) is 95.3 Å². The zero-order chi connectivity index (χ0) is 57.9. The molecule has 5 heterocycles. The van der Waals surface area contributed by atoms with Gasteiger partial charge in [0.1, 0.15) is 37.8 Å². The quantitative estimate of drug-likeness (QED) is 0.0186. The maximum atomic E-state index is 15.0. The summed E-state index contributed by atoms with van der Waals surface area (Å²) in [6, 6.07) is 2.41. The number of carbonyl (C=O) groups excluding carboxylic acids is 7. The molecule has 0 unspecified atom stereocenters. The summed E-state index contributed by atoms with van der Waals surface area (Å²) < 4.78 is 50.3. The van der Waals surface area contributed by atoms with Crippen LogP contribution >= 0.6 is 0 Å². The van der Waals surface area contributed by atoms with Crippen LogP contribution in [0.5, 0.6) is 0 Å². The van der Waals surface area contributed by atoms with Crippen LogP contribution in [0.4, 0.5) is 4.39 Å². The number of esters is 1. The SMILES string of the molecule is CC[C@]1(O)C(=O)OCc2c1cc1n(c2=O)Cc2c-1nc1cc(F)c(C)cc1c2CN(C)C(=O)COCNC(=O)CNC(=O)[C@H](CCCCN(C)C)NC(=O)[C@@H](NC(=O)CCCCCNC(=O)c1cnc(S(C)(=O)=O)nc1)C(C)C. The van der Waals surface area contributed by atoms with E-state index in [0.29, 0.717) is 65.6 Å². The number of halogens is 1. The Morgan fingerprint density at radius 2 is 1.65 bits per heavy atom. The summed E-state index contributed by atoms with van der Waals surface area (Å²) in [4.78, 5) is 121. The van der Waals surface area contributed by atoms with Gasteiger partial charge in [-0.2, -0.15) is 0 Å². The van der Waals surface area contributed by atoms with Crippen LogP contribution in [0.15, 0.2) is 40.5 Å². The fraction of sp³-hybridized carbons (Fsp3) is 0.528. The molecule has 2 aliphatic heterocycles. The number of nitrogens with one attached hydrogen (secondary N) is 5. The number of ether oxygens (including phenoxy) is 2. The number of aryl methyl sites for hydroxylation is 1. The molecule has 2 aliphatic rings. The van der Waals surface area contributed by atoms with E-state index >= 15 is 4.39 Å². The van der Waals surface area contributed by atoms with Crippen molar-refractivity contribution < 1.29 is 61.0 Å². The van der Waals surface area contributed by atoms with Gasteiger partial charge in [0.25, 0.3) is 11.5 Å². The molecule has 24 nitrogen and oxygen atoms in total. The molecule has 1 aromatic carbocycles. The highest BCUT2D eigenvalue weighted by molar-refractivity contribution is 7.90. The number of hydrogen-bond donors (Lipinski definition) is 6. The first kappa shape index (κ1) is 60.9. The summed E-state index contributed by atoms with van der Waals surface area (Å²) in [5, 5.41) is 24.8. The average Bonchev–Trinajstić information content (AvgIpc) is 4.00. The van der Waals surface area contributed by atoms with Gasteiger partial charge in [-0.1, -0.05) is 27.2 Å². The molecule has 0 fully saturated rings. The van der Waals surface area contributed by atoms with Crippen LogP contribution in [0.3, 0.4) is 0 Å². The molecule has 6 N–H and O–H groups in total. The van der Waals surface area contributed by atoms with Gasteiger partial charge >= 0.3 is 5.97 Å². The van der Waals surface area contributed by atoms with Gasteiger partial charge < -0.3 is 55.5 Å². The van der Waals surface area contributed by atoms with E-state index in [2.05, 4.69) is 36.6 Å². The molecule has 6 rings (SSSR count). The lowest BCUT2D eigenvalue weighted by Crippen LogP contribution is -2.56. The first-order chi connectivity index (χ1) is 37.3. The zero-order valence-corrected chi connectivity index (χ0v) is 46.6.